The summed E-state index contributed by atoms with van der Waals surface area (Å²) < 4.78 is 7.20. The van der Waals surface area contributed by atoms with Gasteiger partial charge in [-0.3, -0.25) is 4.79 Å². The van der Waals surface area contributed by atoms with Crippen LogP contribution < -0.4 is 20.7 Å². The Balaban J connectivity index is 2.69. The number of methoxy groups -OCH3 is 1. The third-order valence-electron chi connectivity index (χ3n) is 5.05. The molecule has 10 heteroatoms. The first-order valence-electron chi connectivity index (χ1n) is 11.0. The van der Waals surface area contributed by atoms with Crippen LogP contribution in [-0.2, 0) is 16.8 Å². The van der Waals surface area contributed by atoms with Gasteiger partial charge in [-0.05, 0) is 19.9 Å². The molecule has 0 spiro atoms. The van der Waals surface area contributed by atoms with Gasteiger partial charge in [0.05, 0.1) is 30.7 Å². The molecular weight excluding hydrogens is 420 g/mol. The van der Waals surface area contributed by atoms with Crippen molar-refractivity contribution in [1.29, 1.82) is 5.26 Å². The van der Waals surface area contributed by atoms with Crippen LogP contribution in [0.4, 0.5) is 22.9 Å². The molecule has 0 fully saturated rings. The molecule has 0 unspecified atom stereocenters. The average molecular weight is 455 g/mol. The Kier molecular flexibility index (Phi) is 8.54. The summed E-state index contributed by atoms with van der Waals surface area (Å²) in [6.07, 6.45) is 0. The van der Waals surface area contributed by atoms with E-state index < -0.39 is 0 Å². The highest BCUT2D eigenvalue weighted by Gasteiger charge is 2.27. The molecule has 1 heterocycles. The van der Waals surface area contributed by atoms with Gasteiger partial charge >= 0.3 is 0 Å². The Bertz CT molecular complexity index is 1060. The first kappa shape index (κ1) is 25.8. The first-order chi connectivity index (χ1) is 15.6. The molecule has 2 rings (SSSR count). The third kappa shape index (κ3) is 5.87. The molecule has 33 heavy (non-hydrogen) atoms. The normalized spacial score (nSPS) is 11.5. The molecule has 1 aromatic carbocycles. The van der Waals surface area contributed by atoms with E-state index in [1.54, 1.807) is 17.9 Å². The quantitative estimate of drug-likeness (QED) is 0.544. The Labute approximate surface area is 195 Å². The summed E-state index contributed by atoms with van der Waals surface area (Å²) in [5.41, 5.74) is 8.11. The maximum atomic E-state index is 11.9. The number of amides is 1. The van der Waals surface area contributed by atoms with E-state index in [1.807, 2.05) is 40.7 Å². The number of aromatic nitrogens is 2. The Morgan fingerprint density at radius 3 is 2.45 bits per heavy atom. The SMILES string of the molecule is CCN(CC)c1cc(NC(C)=O)c(N=Nc2c(C#N)c(C(C)(C)C)nn2CCN)cc1OC. The molecule has 0 aliphatic carbocycles. The van der Waals surface area contributed by atoms with Crippen molar-refractivity contribution in [2.45, 2.75) is 53.5 Å². The maximum Gasteiger partial charge on any atom is 0.221 e. The van der Waals surface area contributed by atoms with Crippen LogP contribution in [0.5, 0.6) is 5.75 Å². The monoisotopic (exact) mass is 454 g/mol. The highest BCUT2D eigenvalue weighted by Crippen LogP contribution is 2.40. The molecule has 0 saturated heterocycles. The lowest BCUT2D eigenvalue weighted by Crippen LogP contribution is -2.22. The Hall–Kier alpha value is -3.45. The van der Waals surface area contributed by atoms with Gasteiger partial charge in [-0.25, -0.2) is 4.68 Å². The predicted molar refractivity (Wildman–Crippen MR) is 130 cm³/mol. The van der Waals surface area contributed by atoms with Crippen molar-refractivity contribution in [2.75, 3.05) is 37.0 Å². The van der Waals surface area contributed by atoms with Crippen molar-refractivity contribution in [3.63, 3.8) is 0 Å². The van der Waals surface area contributed by atoms with E-state index in [9.17, 15) is 10.1 Å². The minimum atomic E-state index is -0.356. The minimum absolute atomic E-state index is 0.233. The van der Waals surface area contributed by atoms with E-state index in [2.05, 4.69) is 31.6 Å². The molecule has 0 aliphatic rings. The molecule has 0 bridgehead atoms. The summed E-state index contributed by atoms with van der Waals surface area (Å²) in [7, 11) is 1.58. The molecule has 2 aromatic rings. The number of nitrogens with one attached hydrogen (secondary N) is 1. The van der Waals surface area contributed by atoms with Gasteiger partial charge in [0.15, 0.2) is 5.82 Å². The van der Waals surface area contributed by atoms with E-state index in [0.717, 1.165) is 18.8 Å². The molecule has 0 atom stereocenters. The fourth-order valence-corrected chi connectivity index (χ4v) is 3.47. The summed E-state index contributed by atoms with van der Waals surface area (Å²) in [5.74, 6) is 0.699. The number of nitrogens with two attached hydrogens (primary N) is 1. The van der Waals surface area contributed by atoms with E-state index in [1.165, 1.54) is 6.92 Å². The van der Waals surface area contributed by atoms with Crippen LogP contribution >= 0.6 is 0 Å². The van der Waals surface area contributed by atoms with Crippen LogP contribution in [0.25, 0.3) is 0 Å². The van der Waals surface area contributed by atoms with Gasteiger partial charge < -0.3 is 20.7 Å². The Morgan fingerprint density at radius 1 is 1.30 bits per heavy atom. The van der Waals surface area contributed by atoms with Crippen LogP contribution in [0.15, 0.2) is 22.4 Å². The molecule has 1 amide bonds. The summed E-state index contributed by atoms with van der Waals surface area (Å²) in [6.45, 7) is 13.7. The van der Waals surface area contributed by atoms with E-state index in [0.29, 0.717) is 47.3 Å². The van der Waals surface area contributed by atoms with Crippen molar-refractivity contribution in [3.8, 4) is 11.8 Å². The predicted octanol–water partition coefficient (Wildman–Crippen LogP) is 4.24. The third-order valence-corrected chi connectivity index (χ3v) is 5.05. The highest BCUT2D eigenvalue weighted by molar-refractivity contribution is 5.93. The number of azo groups is 1. The number of ether oxygens (including phenoxy) is 1. The van der Waals surface area contributed by atoms with Crippen LogP contribution in [-0.4, -0.2) is 42.4 Å². The molecule has 10 nitrogen and oxygen atoms in total. The van der Waals surface area contributed by atoms with E-state index in [4.69, 9.17) is 10.5 Å². The fraction of sp³-hybridized carbons (Fsp3) is 0.522. The van der Waals surface area contributed by atoms with Crippen molar-refractivity contribution in [3.05, 3.63) is 23.4 Å². The smallest absolute Gasteiger partial charge is 0.221 e. The largest absolute Gasteiger partial charge is 0.494 e. The fourth-order valence-electron chi connectivity index (χ4n) is 3.47. The summed E-state index contributed by atoms with van der Waals surface area (Å²) in [4.78, 5) is 14.0. The molecular formula is C23H34N8O2. The number of carbonyl (C=O) groups is 1. The maximum absolute atomic E-state index is 11.9. The van der Waals surface area contributed by atoms with Crippen LogP contribution in [0, 0.1) is 11.3 Å². The zero-order valence-corrected chi connectivity index (χ0v) is 20.6. The molecule has 0 radical (unpaired) electrons. The van der Waals surface area contributed by atoms with Gasteiger partial charge in [0, 0.05) is 38.0 Å². The number of hydrogen-bond acceptors (Lipinski definition) is 8. The van der Waals surface area contributed by atoms with Crippen LogP contribution in [0.3, 0.4) is 0 Å². The second-order valence-corrected chi connectivity index (χ2v) is 8.52. The number of anilines is 2. The van der Waals surface area contributed by atoms with Gasteiger partial charge in [-0.15, -0.1) is 10.2 Å². The summed E-state index contributed by atoms with van der Waals surface area (Å²) in [5, 5.41) is 26.0. The number of nitriles is 1. The average Bonchev–Trinajstić information content (AvgIpc) is 3.11. The lowest BCUT2D eigenvalue weighted by atomic mass is 9.90. The first-order valence-corrected chi connectivity index (χ1v) is 11.0. The summed E-state index contributed by atoms with van der Waals surface area (Å²) in [6, 6.07) is 5.76. The zero-order valence-electron chi connectivity index (χ0n) is 20.6. The zero-order chi connectivity index (χ0) is 24.8. The van der Waals surface area contributed by atoms with Crippen molar-refractivity contribution in [2.24, 2.45) is 16.0 Å². The summed E-state index contributed by atoms with van der Waals surface area (Å²) >= 11 is 0. The topological polar surface area (TPSA) is 134 Å². The standard InChI is InChI=1S/C23H34N8O2/c1-8-30(9-2)19-12-17(26-15(3)32)18(13-20(19)33-7)27-28-22-16(14-25)21(23(4,5)6)29-31(22)11-10-24/h12-13H,8-11,24H2,1-7H3,(H,26,32). The van der Waals surface area contributed by atoms with Crippen LogP contribution in [0.1, 0.15) is 52.8 Å². The number of carbonyl (C=O) groups excluding carboxylic acids is 1. The van der Waals surface area contributed by atoms with Gasteiger partial charge in [-0.2, -0.15) is 10.4 Å². The lowest BCUT2D eigenvalue weighted by Gasteiger charge is -2.24. The van der Waals surface area contributed by atoms with Gasteiger partial charge in [-0.1, -0.05) is 20.8 Å². The van der Waals surface area contributed by atoms with Crippen molar-refractivity contribution in [1.82, 2.24) is 9.78 Å². The molecule has 0 aliphatic heterocycles. The molecule has 0 saturated carbocycles. The highest BCUT2D eigenvalue weighted by atomic mass is 16.5. The minimum Gasteiger partial charge on any atom is -0.494 e. The number of rotatable bonds is 9. The molecule has 178 valence electrons. The van der Waals surface area contributed by atoms with Crippen molar-refractivity contribution < 1.29 is 9.53 Å². The Morgan fingerprint density at radius 2 is 1.97 bits per heavy atom. The second kappa shape index (κ2) is 10.9. The number of benzene rings is 1. The van der Waals surface area contributed by atoms with E-state index in [-0.39, 0.29) is 11.3 Å². The molecule has 1 aromatic heterocycles. The van der Waals surface area contributed by atoms with Gasteiger partial charge in [0.25, 0.3) is 0 Å². The molecule has 3 N–H and O–H groups in total. The van der Waals surface area contributed by atoms with Crippen LogP contribution in [0.2, 0.25) is 0 Å². The number of nitrogens with zero attached hydrogens (tertiary/aromatic N) is 6. The second-order valence-electron chi connectivity index (χ2n) is 8.52. The number of hydrogen-bond donors (Lipinski definition) is 2. The van der Waals surface area contributed by atoms with Gasteiger partial charge in [0.2, 0.25) is 5.91 Å². The van der Waals surface area contributed by atoms with E-state index >= 15 is 0 Å². The van der Waals surface area contributed by atoms with Gasteiger partial charge in [0.1, 0.15) is 23.1 Å². The van der Waals surface area contributed by atoms with Crippen molar-refractivity contribution >= 4 is 28.8 Å². The lowest BCUT2D eigenvalue weighted by molar-refractivity contribution is -0.114.